The molecule has 23 heteroatoms. The van der Waals surface area contributed by atoms with Crippen LogP contribution in [0.3, 0.4) is 0 Å². The number of ether oxygens (including phenoxy) is 2. The Morgan fingerprint density at radius 2 is 0.892 bits per heavy atom. The zero-order chi connectivity index (χ0) is 58.6. The third-order valence-corrected chi connectivity index (χ3v) is 16.7. The Bertz CT molecular complexity index is 2910. The zero-order valence-corrected chi connectivity index (χ0v) is 52.8. The highest BCUT2D eigenvalue weighted by Crippen LogP contribution is 2.44. The van der Waals surface area contributed by atoms with Crippen molar-refractivity contribution in [2.24, 2.45) is 0 Å². The van der Waals surface area contributed by atoms with E-state index in [1.165, 1.54) is 0 Å². The molecule has 0 bridgehead atoms. The van der Waals surface area contributed by atoms with Crippen molar-refractivity contribution in [1.82, 2.24) is 29.7 Å². The molecule has 5 fully saturated rings. The molecular weight excluding hydrogens is 1180 g/mol. The number of carbonyl (C=O) groups excluding carboxylic acids is 2. The van der Waals surface area contributed by atoms with Crippen molar-refractivity contribution in [3.8, 4) is 0 Å². The van der Waals surface area contributed by atoms with E-state index in [1.807, 2.05) is 167 Å². The molecule has 18 nitrogen and oxygen atoms in total. The summed E-state index contributed by atoms with van der Waals surface area (Å²) < 4.78 is 49.2. The number of hydrogen-bond donors (Lipinski definition) is 4. The summed E-state index contributed by atoms with van der Waals surface area (Å²) in [6.45, 7) is 37.1. The van der Waals surface area contributed by atoms with E-state index in [9.17, 15) is 9.59 Å². The second-order valence-electron chi connectivity index (χ2n) is 26.0. The van der Waals surface area contributed by atoms with Crippen molar-refractivity contribution in [3.63, 3.8) is 0 Å². The Morgan fingerprint density at radius 1 is 0.542 bits per heavy atom. The smallest absolute Gasteiger partial charge is 0.444 e. The second kappa shape index (κ2) is 26.7. The fraction of sp³-hybridized carbons (Fsp3) is 0.633. The summed E-state index contributed by atoms with van der Waals surface area (Å²) in [5.74, 6) is 1.62. The van der Waals surface area contributed by atoms with Crippen molar-refractivity contribution in [3.05, 3.63) is 75.2 Å². The molecule has 0 unspecified atom stereocenters. The Kier molecular flexibility index (Phi) is 23.5. The van der Waals surface area contributed by atoms with Crippen LogP contribution in [0.4, 0.5) is 21.0 Å². The molecule has 83 heavy (non-hydrogen) atoms. The van der Waals surface area contributed by atoms with Gasteiger partial charge in [0, 0.05) is 22.0 Å². The quantitative estimate of drug-likeness (QED) is 0.0971. The average molecular weight is 1280 g/mol. The molecule has 10 rings (SSSR count). The maximum absolute atomic E-state index is 12.6. The van der Waals surface area contributed by atoms with Crippen molar-refractivity contribution in [2.75, 3.05) is 24.6 Å². The molecule has 6 N–H and O–H groups in total. The molecule has 2 aromatic heterocycles. The molecule has 5 saturated heterocycles. The fourth-order valence-electron chi connectivity index (χ4n) is 9.22. The molecule has 0 spiro atoms. The lowest BCUT2D eigenvalue weighted by Crippen LogP contribution is -2.41. The van der Waals surface area contributed by atoms with Crippen LogP contribution in [0.25, 0.3) is 22.1 Å². The molecule has 0 radical (unpaired) electrons. The van der Waals surface area contributed by atoms with E-state index in [2.05, 4.69) is 46.8 Å². The third-order valence-electron chi connectivity index (χ3n) is 15.7. The molecule has 5 aliphatic heterocycles. The summed E-state index contributed by atoms with van der Waals surface area (Å²) in [5.41, 5.74) is 13.5. The van der Waals surface area contributed by atoms with Gasteiger partial charge < -0.3 is 58.8 Å². The van der Waals surface area contributed by atoms with Crippen LogP contribution in [0.1, 0.15) is 204 Å². The number of fused-ring (bicyclic) bond motifs is 2. The predicted molar refractivity (Wildman–Crippen MR) is 347 cm³/mol. The van der Waals surface area contributed by atoms with Crippen LogP contribution in [0, 0.1) is 0 Å². The molecule has 462 valence electrons. The topological polar surface area (TPSA) is 224 Å². The number of imidazole rings is 2. The van der Waals surface area contributed by atoms with Gasteiger partial charge in [0.05, 0.1) is 79.1 Å². The molecule has 5 aliphatic rings. The Hall–Kier alpha value is -4.35. The van der Waals surface area contributed by atoms with Crippen molar-refractivity contribution < 1.29 is 47.0 Å². The Balaban J connectivity index is 0.000000304. The highest BCUT2D eigenvalue weighted by atomic mass is 79.9. The van der Waals surface area contributed by atoms with Gasteiger partial charge >= 0.3 is 33.3 Å². The lowest BCUT2D eigenvalue weighted by Gasteiger charge is -2.32. The molecule has 7 heterocycles. The number of halogens is 2. The van der Waals surface area contributed by atoms with Gasteiger partial charge in [-0.15, -0.1) is 0 Å². The minimum absolute atomic E-state index is 0. The number of benzene rings is 3. The van der Waals surface area contributed by atoms with Gasteiger partial charge in [-0.1, -0.05) is 67.6 Å². The van der Waals surface area contributed by atoms with Crippen LogP contribution in [-0.2, 0) is 37.4 Å². The van der Waals surface area contributed by atoms with E-state index >= 15 is 0 Å². The summed E-state index contributed by atoms with van der Waals surface area (Å²) in [7, 11) is -1.37. The van der Waals surface area contributed by atoms with Gasteiger partial charge in [-0.3, -0.25) is 9.80 Å². The molecule has 2 amide bonds. The summed E-state index contributed by atoms with van der Waals surface area (Å²) in [6.07, 6.45) is 3.11. The van der Waals surface area contributed by atoms with Gasteiger partial charge in [0.2, 0.25) is 0 Å². The first-order chi connectivity index (χ1) is 36.3. The van der Waals surface area contributed by atoms with E-state index in [1.54, 1.807) is 21.9 Å². The number of hydrogen-bond acceptors (Lipinski definition) is 14. The first-order valence-electron chi connectivity index (χ1n) is 27.3. The lowest BCUT2D eigenvalue weighted by molar-refractivity contribution is 0.00578. The lowest BCUT2D eigenvalue weighted by atomic mass is 9.49. The molecule has 0 aliphatic carbocycles. The molecule has 5 aromatic rings. The maximum atomic E-state index is 12.6. The standard InChI is InChI=1S/C22H32BN3O4.C16H20BrN3O2.C12H24B2O4.C6H7BrN2.4CH4/c1-20(2,3)28-19(27)26-12-8-9-17(26)18-24-15-11-10-14(13-16(15)25-18)23-29-21(4,5)22(6,7)30-23;1-16(2,3)22-15(21)20-8-4-5-13(20)14-18-11-7-6-10(17)9-12(11)19-14;1-9(2)10(3,4)16-13(15-9)14-17-11(5,6)12(7,8)18-14;7-4-1-2-5(8)6(9)3-4;;;;/h10-11,13,17H,8-9,12H2,1-7H3,(H,24,25);6-7,9,13H,4-5,8H2,1-3H3,(H,18,19);1-8H3;1-3H,8-9H2;4*1H4/t17-;13-;;;;;;/m00....../s1. The minimum atomic E-state index is -0.518. The van der Waals surface area contributed by atoms with E-state index in [-0.39, 0.29) is 87.6 Å². The highest BCUT2D eigenvalue weighted by molar-refractivity contribution is 9.10. The summed E-state index contributed by atoms with van der Waals surface area (Å²) >= 11 is 6.72. The monoisotopic (exact) mass is 1280 g/mol. The SMILES string of the molecule is C.C.C.C.CC(C)(C)OC(=O)N1CCC[C@H]1c1nc2ccc(B3OC(C)(C)C(C)(C)O3)cc2[nH]1.CC(C)(C)OC(=O)N1CCC[C@H]1c1nc2ccc(Br)cc2[nH]1.CC1(C)OB(B2OC(C)(C)C(C)(C)O2)OC1(C)C.Nc1ccc(Br)cc1N. The van der Waals surface area contributed by atoms with E-state index in [4.69, 9.17) is 53.9 Å². The Morgan fingerprint density at radius 3 is 1.27 bits per heavy atom. The predicted octanol–water partition coefficient (Wildman–Crippen LogP) is 14.7. The number of amides is 2. The van der Waals surface area contributed by atoms with Gasteiger partial charge in [0.25, 0.3) is 0 Å². The Labute approximate surface area is 514 Å². The van der Waals surface area contributed by atoms with Crippen LogP contribution < -0.4 is 16.9 Å². The number of nitrogens with zero attached hydrogens (tertiary/aromatic N) is 4. The molecular formula is C60H99B3Br2N8O10. The number of anilines is 2. The number of nitrogens with one attached hydrogen (secondary N) is 2. The highest BCUT2D eigenvalue weighted by Gasteiger charge is 2.64. The maximum Gasteiger partial charge on any atom is 0.494 e. The number of nitrogen functional groups attached to an aromatic ring is 2. The largest absolute Gasteiger partial charge is 0.494 e. The van der Waals surface area contributed by atoms with Crippen LogP contribution in [0.15, 0.2) is 63.5 Å². The van der Waals surface area contributed by atoms with Crippen molar-refractivity contribution in [1.29, 1.82) is 0 Å². The summed E-state index contributed by atoms with van der Waals surface area (Å²) in [6, 6.07) is 17.2. The first kappa shape index (κ1) is 72.9. The fourth-order valence-corrected chi connectivity index (χ4v) is 9.96. The van der Waals surface area contributed by atoms with Gasteiger partial charge in [-0.25, -0.2) is 19.6 Å². The second-order valence-corrected chi connectivity index (χ2v) is 27.8. The average Bonchev–Trinajstić information content (AvgIpc) is 2.92. The summed E-state index contributed by atoms with van der Waals surface area (Å²) in [4.78, 5) is 44.7. The minimum Gasteiger partial charge on any atom is -0.444 e. The molecule has 0 saturated carbocycles. The number of carbonyl (C=O) groups is 2. The molecule has 2 atom stereocenters. The van der Waals surface area contributed by atoms with E-state index in [0.717, 1.165) is 73.8 Å². The zero-order valence-electron chi connectivity index (χ0n) is 49.6. The van der Waals surface area contributed by atoms with Crippen LogP contribution >= 0.6 is 31.9 Å². The van der Waals surface area contributed by atoms with Crippen molar-refractivity contribution in [2.45, 2.75) is 237 Å². The number of aromatic nitrogens is 4. The number of nitrogens with two attached hydrogens (primary N) is 2. The number of likely N-dealkylation sites (tertiary alicyclic amines) is 2. The summed E-state index contributed by atoms with van der Waals surface area (Å²) in [5, 5.41) is 0. The first-order valence-corrected chi connectivity index (χ1v) is 28.9. The van der Waals surface area contributed by atoms with Crippen LogP contribution in [-0.4, -0.2) is 121 Å². The van der Waals surface area contributed by atoms with Crippen LogP contribution in [0.2, 0.25) is 0 Å². The normalized spacial score (nSPS) is 21.4. The number of rotatable bonds is 4. The van der Waals surface area contributed by atoms with Gasteiger partial charge in [-0.05, 0) is 204 Å². The van der Waals surface area contributed by atoms with Crippen LogP contribution in [0.5, 0.6) is 0 Å². The van der Waals surface area contributed by atoms with E-state index in [0.29, 0.717) is 24.5 Å². The molecule has 3 aromatic carbocycles. The number of H-pyrrole nitrogens is 2. The van der Waals surface area contributed by atoms with Gasteiger partial charge in [-0.2, -0.15) is 0 Å². The number of aromatic amines is 2. The van der Waals surface area contributed by atoms with E-state index < -0.39 is 32.3 Å². The van der Waals surface area contributed by atoms with Crippen molar-refractivity contribution >= 4 is 104 Å². The third kappa shape index (κ3) is 17.0. The van der Waals surface area contributed by atoms with Gasteiger partial charge in [0.15, 0.2) is 0 Å². The van der Waals surface area contributed by atoms with Gasteiger partial charge in [0.1, 0.15) is 22.9 Å².